The fourth-order valence-corrected chi connectivity index (χ4v) is 2.99. The number of hydrogen-bond donors (Lipinski definition) is 1. The van der Waals surface area contributed by atoms with Crippen LogP contribution in [-0.2, 0) is 11.4 Å². The van der Waals surface area contributed by atoms with Crippen molar-refractivity contribution in [1.82, 2.24) is 0 Å². The van der Waals surface area contributed by atoms with Crippen LogP contribution in [0.1, 0.15) is 22.3 Å². The summed E-state index contributed by atoms with van der Waals surface area (Å²) in [5, 5.41) is 2.95. The zero-order valence-electron chi connectivity index (χ0n) is 16.9. The highest BCUT2D eigenvalue weighted by atomic mass is 16.5. The lowest BCUT2D eigenvalue weighted by atomic mass is 10.1. The first kappa shape index (κ1) is 20.2. The van der Waals surface area contributed by atoms with Crippen molar-refractivity contribution in [2.45, 2.75) is 20.5 Å². The summed E-state index contributed by atoms with van der Waals surface area (Å²) in [6.07, 6.45) is 3.28. The van der Waals surface area contributed by atoms with E-state index in [1.165, 1.54) is 6.08 Å². The number of rotatable bonds is 7. The van der Waals surface area contributed by atoms with Gasteiger partial charge in [0, 0.05) is 11.8 Å². The maximum absolute atomic E-state index is 12.3. The van der Waals surface area contributed by atoms with Gasteiger partial charge in [0.25, 0.3) is 0 Å². The molecule has 0 heterocycles. The fourth-order valence-electron chi connectivity index (χ4n) is 2.99. The van der Waals surface area contributed by atoms with Gasteiger partial charge < -0.3 is 14.8 Å². The molecule has 0 spiro atoms. The first-order valence-electron chi connectivity index (χ1n) is 9.47. The first-order chi connectivity index (χ1) is 14.1. The number of hydrogen-bond acceptors (Lipinski definition) is 3. The summed E-state index contributed by atoms with van der Waals surface area (Å²) in [6, 6.07) is 21.5. The van der Waals surface area contributed by atoms with Crippen LogP contribution in [0, 0.1) is 13.8 Å². The van der Waals surface area contributed by atoms with Crippen molar-refractivity contribution >= 4 is 17.7 Å². The van der Waals surface area contributed by atoms with E-state index in [-0.39, 0.29) is 5.91 Å². The van der Waals surface area contributed by atoms with Gasteiger partial charge in [-0.25, -0.2) is 0 Å². The van der Waals surface area contributed by atoms with Crippen LogP contribution in [-0.4, -0.2) is 13.0 Å². The highest BCUT2D eigenvalue weighted by molar-refractivity contribution is 6.02. The Kier molecular flexibility index (Phi) is 6.69. The van der Waals surface area contributed by atoms with Gasteiger partial charge in [0.2, 0.25) is 5.91 Å². The van der Waals surface area contributed by atoms with Crippen LogP contribution in [0.25, 0.3) is 6.08 Å². The number of nitrogens with one attached hydrogen (secondary N) is 1. The average Bonchev–Trinajstić information content (AvgIpc) is 2.74. The van der Waals surface area contributed by atoms with Gasteiger partial charge in [-0.3, -0.25) is 4.79 Å². The number of ether oxygens (including phenoxy) is 2. The molecule has 0 bridgehead atoms. The van der Waals surface area contributed by atoms with Crippen molar-refractivity contribution in [3.8, 4) is 11.5 Å². The summed E-state index contributed by atoms with van der Waals surface area (Å²) in [5.41, 5.74) is 4.86. The molecule has 0 saturated carbocycles. The lowest BCUT2D eigenvalue weighted by Gasteiger charge is -2.11. The van der Waals surface area contributed by atoms with Crippen molar-refractivity contribution in [2.75, 3.05) is 12.4 Å². The summed E-state index contributed by atoms with van der Waals surface area (Å²) in [4.78, 5) is 12.3. The second-order valence-corrected chi connectivity index (χ2v) is 6.77. The van der Waals surface area contributed by atoms with Gasteiger partial charge in [0.15, 0.2) is 11.5 Å². The molecule has 0 unspecified atom stereocenters. The summed E-state index contributed by atoms with van der Waals surface area (Å²) in [5.74, 6) is 1.11. The molecule has 29 heavy (non-hydrogen) atoms. The molecule has 0 aromatic heterocycles. The summed E-state index contributed by atoms with van der Waals surface area (Å²) < 4.78 is 11.3. The Morgan fingerprint density at radius 1 is 0.931 bits per heavy atom. The monoisotopic (exact) mass is 387 g/mol. The number of carbonyl (C=O) groups excluding carboxylic acids is 1. The Bertz CT molecular complexity index is 990. The largest absolute Gasteiger partial charge is 0.493 e. The standard InChI is InChI=1S/C25H25NO3/c1-18-8-7-9-19(2)25(18)26-24(27)15-13-20-12-14-22(23(16-20)28-3)29-17-21-10-5-4-6-11-21/h4-16H,17H2,1-3H3,(H,26,27)/b15-13+. The number of methoxy groups -OCH3 is 1. The number of para-hydroxylation sites is 1. The Balaban J connectivity index is 1.67. The number of benzene rings is 3. The summed E-state index contributed by atoms with van der Waals surface area (Å²) >= 11 is 0. The van der Waals surface area contributed by atoms with Crippen LogP contribution in [0.2, 0.25) is 0 Å². The Labute approximate surface area is 171 Å². The molecule has 3 aromatic rings. The van der Waals surface area contributed by atoms with Crippen LogP contribution in [0.5, 0.6) is 11.5 Å². The van der Waals surface area contributed by atoms with Crippen molar-refractivity contribution in [3.63, 3.8) is 0 Å². The van der Waals surface area contributed by atoms with Crippen LogP contribution in [0.3, 0.4) is 0 Å². The predicted octanol–water partition coefficient (Wildman–Crippen LogP) is 5.54. The van der Waals surface area contributed by atoms with Crippen LogP contribution in [0.4, 0.5) is 5.69 Å². The normalized spacial score (nSPS) is 10.7. The van der Waals surface area contributed by atoms with Crippen LogP contribution < -0.4 is 14.8 Å². The molecule has 0 fully saturated rings. The minimum atomic E-state index is -0.175. The SMILES string of the molecule is COc1cc(/C=C/C(=O)Nc2c(C)cccc2C)ccc1OCc1ccccc1. The fraction of sp³-hybridized carbons (Fsp3) is 0.160. The van der Waals surface area contributed by atoms with E-state index in [0.29, 0.717) is 18.1 Å². The maximum atomic E-state index is 12.3. The molecule has 0 atom stereocenters. The molecule has 3 aromatic carbocycles. The van der Waals surface area contributed by atoms with Crippen LogP contribution in [0.15, 0.2) is 72.8 Å². The number of carbonyl (C=O) groups is 1. The lowest BCUT2D eigenvalue weighted by Crippen LogP contribution is -2.10. The highest BCUT2D eigenvalue weighted by Gasteiger charge is 2.07. The molecular formula is C25H25NO3. The zero-order chi connectivity index (χ0) is 20.6. The molecule has 0 saturated heterocycles. The third kappa shape index (κ3) is 5.48. The van der Waals surface area contributed by atoms with Crippen molar-refractivity contribution in [3.05, 3.63) is 95.1 Å². The molecule has 1 N–H and O–H groups in total. The molecule has 0 radical (unpaired) electrons. The minimum absolute atomic E-state index is 0.175. The number of amides is 1. The van der Waals surface area contributed by atoms with Gasteiger partial charge >= 0.3 is 0 Å². The maximum Gasteiger partial charge on any atom is 0.248 e. The minimum Gasteiger partial charge on any atom is -0.493 e. The molecule has 4 heteroatoms. The molecule has 3 rings (SSSR count). The van der Waals surface area contributed by atoms with Gasteiger partial charge in [-0.15, -0.1) is 0 Å². The molecule has 0 aliphatic carbocycles. The Morgan fingerprint density at radius 3 is 2.34 bits per heavy atom. The molecular weight excluding hydrogens is 362 g/mol. The number of aryl methyl sites for hydroxylation is 2. The van der Waals surface area contributed by atoms with E-state index < -0.39 is 0 Å². The molecule has 148 valence electrons. The number of anilines is 1. The van der Waals surface area contributed by atoms with E-state index in [1.807, 2.05) is 80.6 Å². The smallest absolute Gasteiger partial charge is 0.248 e. The summed E-state index contributed by atoms with van der Waals surface area (Å²) in [6.45, 7) is 4.42. The summed E-state index contributed by atoms with van der Waals surface area (Å²) in [7, 11) is 1.60. The van der Waals surface area contributed by atoms with E-state index in [9.17, 15) is 4.79 Å². The average molecular weight is 387 g/mol. The second kappa shape index (κ2) is 9.60. The van der Waals surface area contributed by atoms with Crippen molar-refractivity contribution in [1.29, 1.82) is 0 Å². The predicted molar refractivity (Wildman–Crippen MR) is 117 cm³/mol. The van der Waals surface area contributed by atoms with E-state index in [1.54, 1.807) is 13.2 Å². The van der Waals surface area contributed by atoms with Crippen molar-refractivity contribution in [2.24, 2.45) is 0 Å². The van der Waals surface area contributed by atoms with E-state index in [0.717, 1.165) is 27.9 Å². The van der Waals surface area contributed by atoms with Gasteiger partial charge in [0.1, 0.15) is 6.61 Å². The van der Waals surface area contributed by atoms with Crippen LogP contribution >= 0.6 is 0 Å². The van der Waals surface area contributed by atoms with E-state index >= 15 is 0 Å². The quantitative estimate of drug-likeness (QED) is 0.541. The molecule has 0 aliphatic heterocycles. The van der Waals surface area contributed by atoms with E-state index in [4.69, 9.17) is 9.47 Å². The van der Waals surface area contributed by atoms with Gasteiger partial charge in [0.05, 0.1) is 7.11 Å². The molecule has 4 nitrogen and oxygen atoms in total. The topological polar surface area (TPSA) is 47.6 Å². The second-order valence-electron chi connectivity index (χ2n) is 6.77. The third-order valence-corrected chi connectivity index (χ3v) is 4.58. The Morgan fingerprint density at radius 2 is 1.66 bits per heavy atom. The molecule has 1 amide bonds. The Hall–Kier alpha value is -3.53. The van der Waals surface area contributed by atoms with Gasteiger partial charge in [-0.05, 0) is 54.3 Å². The van der Waals surface area contributed by atoms with Crippen molar-refractivity contribution < 1.29 is 14.3 Å². The van der Waals surface area contributed by atoms with Gasteiger partial charge in [-0.2, -0.15) is 0 Å². The molecule has 0 aliphatic rings. The lowest BCUT2D eigenvalue weighted by molar-refractivity contribution is -0.111. The van der Waals surface area contributed by atoms with E-state index in [2.05, 4.69) is 5.32 Å². The van der Waals surface area contributed by atoms with Gasteiger partial charge in [-0.1, -0.05) is 54.6 Å². The zero-order valence-corrected chi connectivity index (χ0v) is 16.9. The first-order valence-corrected chi connectivity index (χ1v) is 9.47. The highest BCUT2D eigenvalue weighted by Crippen LogP contribution is 2.29. The third-order valence-electron chi connectivity index (χ3n) is 4.58.